The van der Waals surface area contributed by atoms with Crippen molar-refractivity contribution in [3.8, 4) is 5.75 Å². The molecule has 1 aliphatic rings. The molecule has 0 saturated heterocycles. The fourth-order valence-corrected chi connectivity index (χ4v) is 2.73. The highest BCUT2D eigenvalue weighted by molar-refractivity contribution is 6.03. The summed E-state index contributed by atoms with van der Waals surface area (Å²) in [6.07, 6.45) is 1.62. The highest BCUT2D eigenvalue weighted by Gasteiger charge is 2.35. The number of benzene rings is 2. The zero-order valence-corrected chi connectivity index (χ0v) is 12.4. The van der Waals surface area contributed by atoms with Gasteiger partial charge < -0.3 is 9.57 Å². The van der Waals surface area contributed by atoms with Gasteiger partial charge in [0.1, 0.15) is 11.4 Å². The zero-order chi connectivity index (χ0) is 14.7. The summed E-state index contributed by atoms with van der Waals surface area (Å²) in [7, 11) is 1.68. The third-order valence-electron chi connectivity index (χ3n) is 3.76. The molecule has 0 fully saturated rings. The Balaban J connectivity index is 1.78. The zero-order valence-electron chi connectivity index (χ0n) is 12.4. The van der Waals surface area contributed by atoms with Crippen molar-refractivity contribution in [2.75, 3.05) is 7.11 Å². The molecule has 0 radical (unpaired) electrons. The molecule has 2 aromatic carbocycles. The number of oxime groups is 1. The van der Waals surface area contributed by atoms with Gasteiger partial charge in [0.25, 0.3) is 0 Å². The normalized spacial score (nSPS) is 20.8. The number of methoxy groups -OCH3 is 1. The van der Waals surface area contributed by atoms with Gasteiger partial charge in [-0.1, -0.05) is 47.6 Å². The van der Waals surface area contributed by atoms with Crippen LogP contribution in [0.1, 0.15) is 24.5 Å². The molecule has 0 spiro atoms. The first-order chi connectivity index (χ1) is 10.2. The van der Waals surface area contributed by atoms with E-state index in [1.165, 1.54) is 5.56 Å². The fraction of sp³-hybridized carbons (Fsp3) is 0.278. The van der Waals surface area contributed by atoms with E-state index in [0.29, 0.717) is 0 Å². The molecular formula is C18H19NO2. The number of hydrogen-bond donors (Lipinski definition) is 0. The summed E-state index contributed by atoms with van der Waals surface area (Å²) in [6.45, 7) is 2.10. The van der Waals surface area contributed by atoms with E-state index in [1.54, 1.807) is 7.11 Å². The Morgan fingerprint density at radius 3 is 2.57 bits per heavy atom. The van der Waals surface area contributed by atoms with Crippen molar-refractivity contribution in [3.05, 3.63) is 65.7 Å². The lowest BCUT2D eigenvalue weighted by atomic mass is 9.89. The van der Waals surface area contributed by atoms with Crippen molar-refractivity contribution in [2.45, 2.75) is 25.4 Å². The van der Waals surface area contributed by atoms with Gasteiger partial charge in [0.05, 0.1) is 12.8 Å². The lowest BCUT2D eigenvalue weighted by Gasteiger charge is -2.21. The molecular weight excluding hydrogens is 262 g/mol. The van der Waals surface area contributed by atoms with E-state index in [2.05, 4.69) is 36.3 Å². The lowest BCUT2D eigenvalue weighted by Crippen LogP contribution is -2.27. The van der Waals surface area contributed by atoms with Gasteiger partial charge in [-0.2, -0.15) is 0 Å². The molecule has 1 unspecified atom stereocenters. The van der Waals surface area contributed by atoms with Gasteiger partial charge in [0, 0.05) is 18.4 Å². The molecule has 1 atom stereocenters. The van der Waals surface area contributed by atoms with E-state index >= 15 is 0 Å². The molecule has 0 bridgehead atoms. The maximum Gasteiger partial charge on any atom is 0.144 e. The first kappa shape index (κ1) is 13.7. The van der Waals surface area contributed by atoms with Crippen LogP contribution >= 0.6 is 0 Å². The average molecular weight is 281 g/mol. The van der Waals surface area contributed by atoms with Crippen LogP contribution < -0.4 is 4.74 Å². The summed E-state index contributed by atoms with van der Waals surface area (Å²) in [6, 6.07) is 18.3. The number of hydrogen-bond acceptors (Lipinski definition) is 3. The standard InChI is InChI=1S/C18H19NO2/c1-18(12-14-8-4-3-5-9-14)13-16(19-21-18)15-10-6-7-11-17(15)20-2/h3-11H,12-13H2,1-2H3. The van der Waals surface area contributed by atoms with Crippen LogP contribution in [0.25, 0.3) is 0 Å². The molecule has 0 saturated carbocycles. The second-order valence-electron chi connectivity index (χ2n) is 5.62. The van der Waals surface area contributed by atoms with Crippen LogP contribution in [0.2, 0.25) is 0 Å². The third kappa shape index (κ3) is 2.92. The monoisotopic (exact) mass is 281 g/mol. The fourth-order valence-electron chi connectivity index (χ4n) is 2.73. The van der Waals surface area contributed by atoms with Crippen LogP contribution in [0.4, 0.5) is 0 Å². The Morgan fingerprint density at radius 1 is 1.10 bits per heavy atom. The molecule has 0 aromatic heterocycles. The van der Waals surface area contributed by atoms with E-state index < -0.39 is 0 Å². The number of nitrogens with zero attached hydrogens (tertiary/aromatic N) is 1. The minimum Gasteiger partial charge on any atom is -0.496 e. The Kier molecular flexibility index (Phi) is 3.65. The molecule has 21 heavy (non-hydrogen) atoms. The van der Waals surface area contributed by atoms with Gasteiger partial charge in [-0.05, 0) is 24.6 Å². The van der Waals surface area contributed by atoms with Gasteiger partial charge in [0.15, 0.2) is 0 Å². The highest BCUT2D eigenvalue weighted by atomic mass is 16.7. The summed E-state index contributed by atoms with van der Waals surface area (Å²) in [5.74, 6) is 0.837. The molecule has 108 valence electrons. The largest absolute Gasteiger partial charge is 0.496 e. The topological polar surface area (TPSA) is 30.8 Å². The first-order valence-corrected chi connectivity index (χ1v) is 7.12. The van der Waals surface area contributed by atoms with Crippen molar-refractivity contribution < 1.29 is 9.57 Å². The van der Waals surface area contributed by atoms with E-state index in [1.807, 2.05) is 30.3 Å². The third-order valence-corrected chi connectivity index (χ3v) is 3.76. The summed E-state index contributed by atoms with van der Waals surface area (Å²) in [4.78, 5) is 5.74. The molecule has 0 N–H and O–H groups in total. The average Bonchev–Trinajstić information content (AvgIpc) is 2.90. The van der Waals surface area contributed by atoms with Crippen molar-refractivity contribution in [2.24, 2.45) is 5.16 Å². The molecule has 2 aromatic rings. The number of para-hydroxylation sites is 1. The van der Waals surface area contributed by atoms with Gasteiger partial charge in [-0.25, -0.2) is 0 Å². The highest BCUT2D eigenvalue weighted by Crippen LogP contribution is 2.32. The number of ether oxygens (including phenoxy) is 1. The molecule has 1 aliphatic heterocycles. The Labute approximate surface area is 125 Å². The van der Waals surface area contributed by atoms with Crippen molar-refractivity contribution in [3.63, 3.8) is 0 Å². The van der Waals surface area contributed by atoms with Crippen LogP contribution in [0.3, 0.4) is 0 Å². The van der Waals surface area contributed by atoms with Crippen LogP contribution in [-0.4, -0.2) is 18.4 Å². The van der Waals surface area contributed by atoms with Crippen molar-refractivity contribution in [1.29, 1.82) is 0 Å². The van der Waals surface area contributed by atoms with Gasteiger partial charge in [-0.3, -0.25) is 0 Å². The molecule has 0 aliphatic carbocycles. The smallest absolute Gasteiger partial charge is 0.144 e. The molecule has 3 heteroatoms. The van der Waals surface area contributed by atoms with E-state index in [0.717, 1.165) is 29.9 Å². The molecule has 0 amide bonds. The van der Waals surface area contributed by atoms with Crippen molar-refractivity contribution in [1.82, 2.24) is 0 Å². The minimum absolute atomic E-state index is 0.294. The summed E-state index contributed by atoms with van der Waals surface area (Å²) in [5, 5.41) is 4.30. The van der Waals surface area contributed by atoms with Crippen LogP contribution in [0.15, 0.2) is 59.8 Å². The first-order valence-electron chi connectivity index (χ1n) is 7.12. The van der Waals surface area contributed by atoms with Crippen LogP contribution in [0.5, 0.6) is 5.75 Å². The number of rotatable bonds is 4. The van der Waals surface area contributed by atoms with Crippen LogP contribution in [-0.2, 0) is 11.3 Å². The van der Waals surface area contributed by atoms with E-state index in [4.69, 9.17) is 9.57 Å². The summed E-state index contributed by atoms with van der Waals surface area (Å²) < 4.78 is 5.41. The van der Waals surface area contributed by atoms with Crippen LogP contribution in [0, 0.1) is 0 Å². The second-order valence-corrected chi connectivity index (χ2v) is 5.62. The van der Waals surface area contributed by atoms with Gasteiger partial charge >= 0.3 is 0 Å². The van der Waals surface area contributed by atoms with Crippen molar-refractivity contribution >= 4 is 5.71 Å². The molecule has 3 nitrogen and oxygen atoms in total. The molecule has 3 rings (SSSR count). The minimum atomic E-state index is -0.294. The maximum atomic E-state index is 5.74. The van der Waals surface area contributed by atoms with Gasteiger partial charge in [0.2, 0.25) is 0 Å². The molecule has 1 heterocycles. The maximum absolute atomic E-state index is 5.74. The second kappa shape index (κ2) is 5.60. The SMILES string of the molecule is COc1ccccc1C1=NOC(C)(Cc2ccccc2)C1. The summed E-state index contributed by atoms with van der Waals surface area (Å²) >= 11 is 0. The Morgan fingerprint density at radius 2 is 1.81 bits per heavy atom. The van der Waals surface area contributed by atoms with E-state index in [9.17, 15) is 0 Å². The quantitative estimate of drug-likeness (QED) is 0.853. The predicted octanol–water partition coefficient (Wildman–Crippen LogP) is 3.82. The van der Waals surface area contributed by atoms with E-state index in [-0.39, 0.29) is 5.60 Å². The Bertz CT molecular complexity index is 651. The summed E-state index contributed by atoms with van der Waals surface area (Å²) in [5.41, 5.74) is 2.93. The Hall–Kier alpha value is -2.29. The van der Waals surface area contributed by atoms with Gasteiger partial charge in [-0.15, -0.1) is 0 Å². The lowest BCUT2D eigenvalue weighted by molar-refractivity contribution is -0.00282. The predicted molar refractivity (Wildman–Crippen MR) is 83.8 cm³/mol.